The zero-order valence-electron chi connectivity index (χ0n) is 13.8. The van der Waals surface area contributed by atoms with Gasteiger partial charge in [0.15, 0.2) is 0 Å². The van der Waals surface area contributed by atoms with Crippen LogP contribution in [-0.2, 0) is 0 Å². The Kier molecular flexibility index (Phi) is 6.54. The topological polar surface area (TPSA) is 64.6 Å². The maximum atomic E-state index is 12.1. The quantitative estimate of drug-likeness (QED) is 0.772. The Balaban J connectivity index is 1.89. The van der Waals surface area contributed by atoms with Gasteiger partial charge in [-0.2, -0.15) is 0 Å². The summed E-state index contributed by atoms with van der Waals surface area (Å²) in [6, 6.07) is 7.64. The van der Waals surface area contributed by atoms with Crippen LogP contribution in [0.2, 0.25) is 5.02 Å². The van der Waals surface area contributed by atoms with Crippen LogP contribution < -0.4 is 15.5 Å². The predicted octanol–water partition coefficient (Wildman–Crippen LogP) is 2.62. The van der Waals surface area contributed by atoms with Crippen LogP contribution in [0.5, 0.6) is 0 Å². The van der Waals surface area contributed by atoms with Gasteiger partial charge in [-0.15, -0.1) is 0 Å². The number of carbonyl (C=O) groups excluding carboxylic acids is 1. The van der Waals surface area contributed by atoms with Gasteiger partial charge in [-0.3, -0.25) is 0 Å². The van der Waals surface area contributed by atoms with Gasteiger partial charge >= 0.3 is 6.03 Å². The van der Waals surface area contributed by atoms with Crippen LogP contribution in [0.25, 0.3) is 0 Å². The van der Waals surface area contributed by atoms with Crippen molar-refractivity contribution in [2.45, 2.75) is 38.8 Å². The zero-order valence-corrected chi connectivity index (χ0v) is 14.5. The van der Waals surface area contributed by atoms with E-state index in [1.54, 1.807) is 0 Å². The number of anilines is 1. The summed E-state index contributed by atoms with van der Waals surface area (Å²) in [5, 5.41) is 15.8. The van der Waals surface area contributed by atoms with Crippen molar-refractivity contribution in [3.05, 3.63) is 29.3 Å². The lowest BCUT2D eigenvalue weighted by Gasteiger charge is -2.35. The van der Waals surface area contributed by atoms with E-state index in [0.717, 1.165) is 36.6 Å². The number of halogens is 1. The average Bonchev–Trinajstić information content (AvgIpc) is 2.54. The molecular formula is C17H26ClN3O2. The first-order valence-electron chi connectivity index (χ1n) is 8.18. The first-order chi connectivity index (χ1) is 11.0. The second-order valence-corrected chi connectivity index (χ2v) is 6.71. The fraction of sp³-hybridized carbons (Fsp3) is 0.588. The molecule has 1 heterocycles. The number of aliphatic hydroxyl groups excluding tert-OH is 1. The lowest BCUT2D eigenvalue weighted by atomic mass is 10.0. The summed E-state index contributed by atoms with van der Waals surface area (Å²) in [5.41, 5.74) is 1.02. The summed E-state index contributed by atoms with van der Waals surface area (Å²) in [5.74, 6) is 0.0340. The highest BCUT2D eigenvalue weighted by Crippen LogP contribution is 2.27. The highest BCUT2D eigenvalue weighted by Gasteiger charge is 2.23. The van der Waals surface area contributed by atoms with E-state index in [2.05, 4.69) is 15.5 Å². The third kappa shape index (κ3) is 5.01. The van der Waals surface area contributed by atoms with Crippen molar-refractivity contribution in [2.75, 3.05) is 24.6 Å². The minimum absolute atomic E-state index is 0.0340. The summed E-state index contributed by atoms with van der Waals surface area (Å²) < 4.78 is 0. The van der Waals surface area contributed by atoms with E-state index >= 15 is 0 Å². The summed E-state index contributed by atoms with van der Waals surface area (Å²) in [6.45, 7) is 5.57. The Morgan fingerprint density at radius 1 is 1.43 bits per heavy atom. The van der Waals surface area contributed by atoms with Crippen molar-refractivity contribution in [1.82, 2.24) is 10.6 Å². The minimum Gasteiger partial charge on any atom is -0.396 e. The number of para-hydroxylation sites is 1. The number of urea groups is 1. The molecule has 0 radical (unpaired) electrons. The molecule has 1 fully saturated rings. The molecule has 3 atom stereocenters. The molecule has 1 saturated heterocycles. The van der Waals surface area contributed by atoms with Crippen LogP contribution in [-0.4, -0.2) is 42.9 Å². The van der Waals surface area contributed by atoms with Crippen molar-refractivity contribution in [3.63, 3.8) is 0 Å². The van der Waals surface area contributed by atoms with Crippen molar-refractivity contribution in [3.8, 4) is 0 Å². The SMILES string of the molecule is CC(CO)C(C)NC(=O)NC1CCCN(c2ccccc2Cl)C1. The van der Waals surface area contributed by atoms with Gasteiger partial charge in [-0.1, -0.05) is 30.7 Å². The Morgan fingerprint density at radius 3 is 2.87 bits per heavy atom. The molecule has 5 nitrogen and oxygen atoms in total. The Morgan fingerprint density at radius 2 is 2.17 bits per heavy atom. The van der Waals surface area contributed by atoms with Crippen LogP contribution in [0, 0.1) is 5.92 Å². The lowest BCUT2D eigenvalue weighted by Crippen LogP contribution is -2.53. The van der Waals surface area contributed by atoms with Crippen LogP contribution in [0.1, 0.15) is 26.7 Å². The molecule has 6 heteroatoms. The van der Waals surface area contributed by atoms with E-state index in [4.69, 9.17) is 16.7 Å². The molecule has 23 heavy (non-hydrogen) atoms. The number of aliphatic hydroxyl groups is 1. The van der Waals surface area contributed by atoms with E-state index in [9.17, 15) is 4.79 Å². The largest absolute Gasteiger partial charge is 0.396 e. The molecule has 1 aromatic rings. The van der Waals surface area contributed by atoms with Crippen molar-refractivity contribution in [2.24, 2.45) is 5.92 Å². The molecule has 0 aliphatic carbocycles. The van der Waals surface area contributed by atoms with Crippen molar-refractivity contribution < 1.29 is 9.90 Å². The third-order valence-electron chi connectivity index (χ3n) is 4.45. The van der Waals surface area contributed by atoms with E-state index in [1.807, 2.05) is 38.1 Å². The summed E-state index contributed by atoms with van der Waals surface area (Å²) >= 11 is 6.27. The second kappa shape index (κ2) is 8.41. The average molecular weight is 340 g/mol. The van der Waals surface area contributed by atoms with Crippen LogP contribution >= 0.6 is 11.6 Å². The Labute approximate surface area is 143 Å². The lowest BCUT2D eigenvalue weighted by molar-refractivity contribution is 0.198. The molecule has 1 aromatic carbocycles. The number of rotatable bonds is 5. The minimum atomic E-state index is -0.177. The van der Waals surface area contributed by atoms with E-state index in [-0.39, 0.29) is 30.6 Å². The van der Waals surface area contributed by atoms with Crippen molar-refractivity contribution >= 4 is 23.3 Å². The second-order valence-electron chi connectivity index (χ2n) is 6.30. The maximum absolute atomic E-state index is 12.1. The first-order valence-corrected chi connectivity index (χ1v) is 8.56. The molecule has 128 valence electrons. The number of benzene rings is 1. The molecule has 1 aliphatic heterocycles. The number of hydrogen-bond donors (Lipinski definition) is 3. The zero-order chi connectivity index (χ0) is 16.8. The monoisotopic (exact) mass is 339 g/mol. The van der Waals surface area contributed by atoms with Crippen LogP contribution in [0.15, 0.2) is 24.3 Å². The molecule has 2 rings (SSSR count). The molecule has 2 amide bonds. The number of nitrogens with zero attached hydrogens (tertiary/aromatic N) is 1. The molecule has 1 aliphatic rings. The molecular weight excluding hydrogens is 314 g/mol. The molecule has 0 spiro atoms. The number of piperidine rings is 1. The summed E-state index contributed by atoms with van der Waals surface area (Å²) in [6.07, 6.45) is 1.97. The number of carbonyl (C=O) groups is 1. The van der Waals surface area contributed by atoms with Gasteiger partial charge in [0, 0.05) is 31.8 Å². The normalized spacial score (nSPS) is 20.7. The number of nitrogens with one attached hydrogen (secondary N) is 2. The molecule has 0 aromatic heterocycles. The van der Waals surface area contributed by atoms with Crippen molar-refractivity contribution in [1.29, 1.82) is 0 Å². The number of amides is 2. The first kappa shape index (κ1) is 17.9. The van der Waals surface area contributed by atoms with E-state index in [1.165, 1.54) is 0 Å². The van der Waals surface area contributed by atoms with Gasteiger partial charge in [0.05, 0.1) is 10.7 Å². The standard InChI is InChI=1S/C17H26ClN3O2/c1-12(11-22)13(2)19-17(23)20-14-6-5-9-21(10-14)16-8-4-3-7-15(16)18/h3-4,7-8,12-14,22H,5-6,9-11H2,1-2H3,(H2,19,20,23). The van der Waals surface area contributed by atoms with Gasteiger partial charge in [0.25, 0.3) is 0 Å². The summed E-state index contributed by atoms with van der Waals surface area (Å²) in [4.78, 5) is 14.3. The van der Waals surface area contributed by atoms with Gasteiger partial charge in [0.2, 0.25) is 0 Å². The predicted molar refractivity (Wildman–Crippen MR) is 94.1 cm³/mol. The van der Waals surface area contributed by atoms with Gasteiger partial charge in [0.1, 0.15) is 0 Å². The fourth-order valence-corrected chi connectivity index (χ4v) is 3.01. The summed E-state index contributed by atoms with van der Waals surface area (Å²) in [7, 11) is 0. The van der Waals surface area contributed by atoms with Gasteiger partial charge in [-0.05, 0) is 37.8 Å². The molecule has 0 saturated carbocycles. The van der Waals surface area contributed by atoms with Crippen LogP contribution in [0.3, 0.4) is 0 Å². The van der Waals surface area contributed by atoms with E-state index in [0.29, 0.717) is 0 Å². The molecule has 3 unspecified atom stereocenters. The molecule has 0 bridgehead atoms. The number of hydrogen-bond acceptors (Lipinski definition) is 3. The Bertz CT molecular complexity index is 526. The van der Waals surface area contributed by atoms with Gasteiger partial charge < -0.3 is 20.6 Å². The van der Waals surface area contributed by atoms with Crippen LogP contribution in [0.4, 0.5) is 10.5 Å². The van der Waals surface area contributed by atoms with E-state index < -0.39 is 0 Å². The molecule has 3 N–H and O–H groups in total. The maximum Gasteiger partial charge on any atom is 0.315 e. The smallest absolute Gasteiger partial charge is 0.315 e. The Hall–Kier alpha value is -1.46. The highest BCUT2D eigenvalue weighted by atomic mass is 35.5. The third-order valence-corrected chi connectivity index (χ3v) is 4.77. The fourth-order valence-electron chi connectivity index (χ4n) is 2.76. The van der Waals surface area contributed by atoms with Gasteiger partial charge in [-0.25, -0.2) is 4.79 Å². The highest BCUT2D eigenvalue weighted by molar-refractivity contribution is 6.33.